The molecule has 0 saturated heterocycles. The van der Waals surface area contributed by atoms with Crippen molar-refractivity contribution in [2.45, 2.75) is 12.8 Å². The molecule has 2 atom stereocenters. The molecule has 0 amide bonds. The minimum Gasteiger partial charge on any atom is -0.330 e. The fourth-order valence-corrected chi connectivity index (χ4v) is 1.33. The van der Waals surface area contributed by atoms with Crippen LogP contribution < -0.4 is 5.73 Å². The largest absolute Gasteiger partial charge is 0.330 e. The Morgan fingerprint density at radius 2 is 2.09 bits per heavy atom. The maximum atomic E-state index is 8.02. The molecule has 0 unspecified atom stereocenters. The van der Waals surface area contributed by atoms with Crippen molar-refractivity contribution in [3.63, 3.8) is 0 Å². The van der Waals surface area contributed by atoms with Gasteiger partial charge in [-0.2, -0.15) is 0 Å². The molecule has 1 fully saturated rings. The number of hydrogen-bond acceptors (Lipinski definition) is 2. The smallest absolute Gasteiger partial charge is 0.0289 e. The van der Waals surface area contributed by atoms with Crippen LogP contribution in [0.5, 0.6) is 0 Å². The van der Waals surface area contributed by atoms with Crippen molar-refractivity contribution in [3.8, 4) is 0 Å². The molecule has 2 N–H and O–H groups in total. The van der Waals surface area contributed by atoms with Crippen molar-refractivity contribution in [2.75, 3.05) is 13.1 Å². The van der Waals surface area contributed by atoms with Crippen LogP contribution in [0.3, 0.4) is 0 Å². The molecule has 0 aromatic rings. The predicted octanol–water partition coefficient (Wildman–Crippen LogP) is 1.70. The third kappa shape index (κ3) is 2.58. The van der Waals surface area contributed by atoms with Crippen molar-refractivity contribution < 1.29 is 0 Å². The van der Waals surface area contributed by atoms with E-state index in [1.165, 1.54) is 12.8 Å². The van der Waals surface area contributed by atoms with Gasteiger partial charge in [0.1, 0.15) is 0 Å². The van der Waals surface area contributed by atoms with Crippen LogP contribution in [0.4, 0.5) is 0 Å². The second-order valence-corrected chi connectivity index (χ2v) is 2.75. The van der Waals surface area contributed by atoms with Gasteiger partial charge in [0.25, 0.3) is 0 Å². The van der Waals surface area contributed by atoms with Crippen molar-refractivity contribution in [1.82, 2.24) is 0 Å². The Labute approximate surface area is 72.2 Å². The van der Waals surface area contributed by atoms with Crippen molar-refractivity contribution in [3.05, 3.63) is 10.4 Å². The lowest BCUT2D eigenvalue weighted by atomic mass is 9.74. The van der Waals surface area contributed by atoms with Crippen LogP contribution in [0.15, 0.2) is 5.11 Å². The summed E-state index contributed by atoms with van der Waals surface area (Å²) in [7, 11) is 0. The van der Waals surface area contributed by atoms with Crippen LogP contribution in [0.25, 0.3) is 10.4 Å². The van der Waals surface area contributed by atoms with E-state index in [1.54, 1.807) is 0 Å². The molecule has 0 bridgehead atoms. The standard InChI is InChI=1S/C6H12N4.ClH/c7-3-5-1-2-6(5)4-9-10-8;/h5-6H,1-4,7H2;1H/t5-,6+;/m0./s1. The highest BCUT2D eigenvalue weighted by molar-refractivity contribution is 5.85. The molecule has 5 heteroatoms. The highest BCUT2D eigenvalue weighted by atomic mass is 35.5. The fourth-order valence-electron chi connectivity index (χ4n) is 1.33. The molecule has 1 aliphatic rings. The Morgan fingerprint density at radius 3 is 2.45 bits per heavy atom. The number of nitrogens with two attached hydrogens (primary N) is 1. The minimum absolute atomic E-state index is 0. The zero-order valence-corrected chi connectivity index (χ0v) is 7.13. The first kappa shape index (κ1) is 10.6. The highest BCUT2D eigenvalue weighted by Crippen LogP contribution is 2.33. The number of hydrogen-bond donors (Lipinski definition) is 1. The van der Waals surface area contributed by atoms with E-state index in [-0.39, 0.29) is 12.4 Å². The molecule has 0 heterocycles. The van der Waals surface area contributed by atoms with Gasteiger partial charge in [-0.15, -0.1) is 12.4 Å². The lowest BCUT2D eigenvalue weighted by molar-refractivity contribution is 0.192. The first-order chi connectivity index (χ1) is 4.88. The molecule has 11 heavy (non-hydrogen) atoms. The van der Waals surface area contributed by atoms with Gasteiger partial charge in [-0.25, -0.2) is 0 Å². The Balaban J connectivity index is 0.000001000. The van der Waals surface area contributed by atoms with Gasteiger partial charge < -0.3 is 5.73 Å². The summed E-state index contributed by atoms with van der Waals surface area (Å²) in [6.07, 6.45) is 2.39. The Morgan fingerprint density at radius 1 is 1.45 bits per heavy atom. The third-order valence-corrected chi connectivity index (χ3v) is 2.26. The molecule has 64 valence electrons. The summed E-state index contributed by atoms with van der Waals surface area (Å²) < 4.78 is 0. The van der Waals surface area contributed by atoms with Gasteiger partial charge in [0.2, 0.25) is 0 Å². The SMILES string of the molecule is Cl.[N-]=[N+]=NC[C@H]1CC[C@H]1CN. The fraction of sp³-hybridized carbons (Fsp3) is 1.00. The van der Waals surface area contributed by atoms with E-state index in [0.29, 0.717) is 18.4 Å². The molecule has 0 aliphatic heterocycles. The number of azide groups is 1. The lowest BCUT2D eigenvalue weighted by Gasteiger charge is -2.34. The first-order valence-electron chi connectivity index (χ1n) is 3.59. The number of nitrogens with zero attached hydrogens (tertiary/aromatic N) is 3. The second-order valence-electron chi connectivity index (χ2n) is 2.75. The maximum absolute atomic E-state index is 8.02. The quantitative estimate of drug-likeness (QED) is 0.397. The van der Waals surface area contributed by atoms with Gasteiger partial charge in [0.05, 0.1) is 0 Å². The molecule has 1 saturated carbocycles. The Hall–Kier alpha value is -0.440. The van der Waals surface area contributed by atoms with E-state index in [2.05, 4.69) is 10.0 Å². The zero-order chi connectivity index (χ0) is 7.40. The molecule has 0 aromatic carbocycles. The van der Waals surface area contributed by atoms with Gasteiger partial charge in [0, 0.05) is 11.5 Å². The van der Waals surface area contributed by atoms with Gasteiger partial charge in [-0.1, -0.05) is 5.11 Å². The predicted molar refractivity (Wildman–Crippen MR) is 46.5 cm³/mol. The lowest BCUT2D eigenvalue weighted by Crippen LogP contribution is -2.33. The van der Waals surface area contributed by atoms with Crippen molar-refractivity contribution >= 4 is 12.4 Å². The summed E-state index contributed by atoms with van der Waals surface area (Å²) in [5.41, 5.74) is 13.5. The Kier molecular flexibility index (Phi) is 5.03. The summed E-state index contributed by atoms with van der Waals surface area (Å²) in [5.74, 6) is 1.19. The van der Waals surface area contributed by atoms with E-state index in [4.69, 9.17) is 11.3 Å². The van der Waals surface area contributed by atoms with Gasteiger partial charge in [0.15, 0.2) is 0 Å². The summed E-state index contributed by atoms with van der Waals surface area (Å²) in [5, 5.41) is 3.52. The number of halogens is 1. The molecule has 0 spiro atoms. The molecular formula is C6H13ClN4. The van der Waals surface area contributed by atoms with Crippen molar-refractivity contribution in [1.29, 1.82) is 0 Å². The van der Waals surface area contributed by atoms with Crippen LogP contribution >= 0.6 is 12.4 Å². The van der Waals surface area contributed by atoms with Gasteiger partial charge in [-0.05, 0) is 36.8 Å². The van der Waals surface area contributed by atoms with Crippen LogP contribution in [0, 0.1) is 11.8 Å². The van der Waals surface area contributed by atoms with Crippen LogP contribution in [0.2, 0.25) is 0 Å². The molecule has 1 aliphatic carbocycles. The normalized spacial score (nSPS) is 27.7. The average Bonchev–Trinajstić information content (AvgIpc) is 1.88. The second kappa shape index (κ2) is 5.24. The van der Waals surface area contributed by atoms with Crippen LogP contribution in [0.1, 0.15) is 12.8 Å². The maximum Gasteiger partial charge on any atom is 0.0289 e. The zero-order valence-electron chi connectivity index (χ0n) is 6.31. The summed E-state index contributed by atoms with van der Waals surface area (Å²) in [6.45, 7) is 1.38. The monoisotopic (exact) mass is 176 g/mol. The van der Waals surface area contributed by atoms with E-state index >= 15 is 0 Å². The van der Waals surface area contributed by atoms with E-state index in [1.807, 2.05) is 0 Å². The van der Waals surface area contributed by atoms with Gasteiger partial charge >= 0.3 is 0 Å². The minimum atomic E-state index is 0. The molecular weight excluding hydrogens is 164 g/mol. The third-order valence-electron chi connectivity index (χ3n) is 2.26. The molecule has 4 nitrogen and oxygen atoms in total. The summed E-state index contributed by atoms with van der Waals surface area (Å²) in [6, 6.07) is 0. The summed E-state index contributed by atoms with van der Waals surface area (Å²) in [4.78, 5) is 2.71. The molecule has 0 radical (unpaired) electrons. The van der Waals surface area contributed by atoms with Crippen LogP contribution in [-0.4, -0.2) is 13.1 Å². The van der Waals surface area contributed by atoms with E-state index in [0.717, 1.165) is 6.54 Å². The van der Waals surface area contributed by atoms with Crippen molar-refractivity contribution in [2.24, 2.45) is 22.7 Å². The van der Waals surface area contributed by atoms with E-state index in [9.17, 15) is 0 Å². The molecule has 0 aromatic heterocycles. The topological polar surface area (TPSA) is 74.8 Å². The Bertz CT molecular complexity index is 153. The first-order valence-corrected chi connectivity index (χ1v) is 3.59. The van der Waals surface area contributed by atoms with E-state index < -0.39 is 0 Å². The average molecular weight is 177 g/mol. The highest BCUT2D eigenvalue weighted by Gasteiger charge is 2.28. The summed E-state index contributed by atoms with van der Waals surface area (Å²) >= 11 is 0. The van der Waals surface area contributed by atoms with Crippen LogP contribution in [-0.2, 0) is 0 Å². The molecule has 1 rings (SSSR count). The van der Waals surface area contributed by atoms with Gasteiger partial charge in [-0.3, -0.25) is 0 Å². The number of rotatable bonds is 3.